The minimum absolute atomic E-state index is 0.0559. The number of imidazole rings is 1. The first-order valence-corrected chi connectivity index (χ1v) is 21.0. The van der Waals surface area contributed by atoms with E-state index in [1.165, 1.54) is 17.2 Å². The van der Waals surface area contributed by atoms with Gasteiger partial charge in [0.25, 0.3) is 5.56 Å². The van der Waals surface area contributed by atoms with Gasteiger partial charge in [-0.15, -0.1) is 0 Å². The van der Waals surface area contributed by atoms with Crippen LogP contribution in [-0.2, 0) is 45.1 Å². The highest BCUT2D eigenvalue weighted by Gasteiger charge is 2.51. The van der Waals surface area contributed by atoms with Crippen molar-refractivity contribution in [2.75, 3.05) is 37.4 Å². The van der Waals surface area contributed by atoms with Crippen LogP contribution in [0.4, 0.5) is 11.8 Å². The molecule has 2 fully saturated rings. The standard InChI is InChI=1S/C26H35N9O12P2S2/c27-26-32-22-15(23(40)33(26)4-5-36)31-10-35(22)25-19(46-48(41)50)16(38)13(45-25)8-43-49(42,51)47-18-12(7-37)44-24(17(18)39)34-6-11-2-1-3-28-20-14(11)21(34)30-9-29-20/h6,9-10,12-13,16-19,24-25,36-39,48H,1-5,7-8H2,(H2,27,32)(H,41,50)(H,42,51)(H,28,29,30)/t12-,13-,16-,17-,18-,19-,24-,25-,49?/m1/s1. The Hall–Kier alpha value is -2.63. The topological polar surface area (TPSA) is 283 Å². The molecular formula is C26H35N9O12P2S2. The molecule has 7 rings (SSSR count). The number of anilines is 2. The lowest BCUT2D eigenvalue weighted by molar-refractivity contribution is -0.0524. The number of thiol groups is 2. The number of nitrogens with one attached hydrogen (secondary N) is 1. The maximum Gasteiger partial charge on any atom is 0.386 e. The Kier molecular flexibility index (Phi) is 10.5. The summed E-state index contributed by atoms with van der Waals surface area (Å²) >= 11 is 7.91. The van der Waals surface area contributed by atoms with Gasteiger partial charge in [-0.25, -0.2) is 19.5 Å². The van der Waals surface area contributed by atoms with Gasteiger partial charge in [0.2, 0.25) is 13.2 Å². The van der Waals surface area contributed by atoms with E-state index >= 15 is 0 Å². The fourth-order valence-electron chi connectivity index (χ4n) is 6.59. The SMILES string of the molecule is Nc1nc2c(ncn2[C@@H]2O[C@H](COP(=O)(S)O[C@H]3[C@@H](O)[C@H](n4cc5c6c(ncnc64)NCCC5)O[C@@H]3CO)[C@@H](O)[C@H]2O[PH](=O)S)c(=O)n1CCO. The van der Waals surface area contributed by atoms with Gasteiger partial charge in [-0.2, -0.15) is 4.98 Å². The first-order chi connectivity index (χ1) is 24.4. The molecule has 0 saturated carbocycles. The molecule has 0 radical (unpaired) electrons. The van der Waals surface area contributed by atoms with Crippen LogP contribution in [0.5, 0.6) is 0 Å². The Labute approximate surface area is 298 Å². The lowest BCUT2D eigenvalue weighted by atomic mass is 10.1. The van der Waals surface area contributed by atoms with Crippen LogP contribution in [-0.4, -0.2) is 117 Å². The van der Waals surface area contributed by atoms with E-state index in [0.29, 0.717) is 11.5 Å². The zero-order chi connectivity index (χ0) is 36.2. The minimum atomic E-state index is -4.39. The van der Waals surface area contributed by atoms with Gasteiger partial charge in [-0.3, -0.25) is 27.5 Å². The van der Waals surface area contributed by atoms with E-state index in [0.717, 1.165) is 34.9 Å². The van der Waals surface area contributed by atoms with Crippen molar-refractivity contribution in [2.45, 2.75) is 68.5 Å². The van der Waals surface area contributed by atoms with Gasteiger partial charge >= 0.3 is 6.80 Å². The van der Waals surface area contributed by atoms with Crippen molar-refractivity contribution in [3.63, 3.8) is 0 Å². The maximum absolute atomic E-state index is 13.6. The van der Waals surface area contributed by atoms with Gasteiger partial charge in [-0.1, -0.05) is 24.5 Å². The molecule has 7 heterocycles. The van der Waals surface area contributed by atoms with Crippen molar-refractivity contribution < 1.29 is 52.6 Å². The highest BCUT2D eigenvalue weighted by Crippen LogP contribution is 2.57. The average molecular weight is 792 g/mol. The molecule has 0 amide bonds. The number of rotatable bonds is 12. The Morgan fingerprint density at radius 1 is 1.10 bits per heavy atom. The van der Waals surface area contributed by atoms with E-state index in [-0.39, 0.29) is 30.3 Å². The highest BCUT2D eigenvalue weighted by atomic mass is 32.7. The minimum Gasteiger partial charge on any atom is -0.395 e. The third kappa shape index (κ3) is 6.84. The zero-order valence-electron chi connectivity index (χ0n) is 26.4. The van der Waals surface area contributed by atoms with Crippen molar-refractivity contribution in [3.05, 3.63) is 34.8 Å². The van der Waals surface area contributed by atoms with Gasteiger partial charge in [0.05, 0.1) is 38.1 Å². The quantitative estimate of drug-likeness (QED) is 0.0671. The Morgan fingerprint density at radius 3 is 2.63 bits per heavy atom. The third-order valence-electron chi connectivity index (χ3n) is 8.88. The number of aryl methyl sites for hydroxylation is 1. The van der Waals surface area contributed by atoms with Gasteiger partial charge in [0.15, 0.2) is 23.6 Å². The normalized spacial score (nSPS) is 29.7. The summed E-state index contributed by atoms with van der Waals surface area (Å²) in [7, 11) is -2.98. The molecule has 7 N–H and O–H groups in total. The first kappa shape index (κ1) is 36.7. The second-order valence-corrected chi connectivity index (χ2v) is 16.7. The molecule has 2 saturated heterocycles. The summed E-state index contributed by atoms with van der Waals surface area (Å²) in [5.41, 5.74) is 6.54. The molecule has 0 aliphatic carbocycles. The van der Waals surface area contributed by atoms with E-state index in [1.807, 2.05) is 0 Å². The molecule has 25 heteroatoms. The van der Waals surface area contributed by atoms with Crippen molar-refractivity contribution in [3.8, 4) is 0 Å². The molecular weight excluding hydrogens is 756 g/mol. The first-order valence-electron chi connectivity index (χ1n) is 15.7. The molecule has 0 spiro atoms. The molecule has 278 valence electrons. The van der Waals surface area contributed by atoms with Crippen LogP contribution in [0.15, 0.2) is 23.6 Å². The number of hydrogen-bond acceptors (Lipinski definition) is 18. The van der Waals surface area contributed by atoms with Crippen molar-refractivity contribution in [2.24, 2.45) is 0 Å². The molecule has 3 aliphatic heterocycles. The lowest BCUT2D eigenvalue weighted by Crippen LogP contribution is -2.36. The number of hydrogen-bond donors (Lipinski definition) is 8. The van der Waals surface area contributed by atoms with Crippen molar-refractivity contribution in [1.82, 2.24) is 33.6 Å². The van der Waals surface area contributed by atoms with E-state index in [4.69, 9.17) is 28.8 Å². The van der Waals surface area contributed by atoms with Crippen LogP contribution >= 0.6 is 38.5 Å². The van der Waals surface area contributed by atoms with Crippen LogP contribution < -0.4 is 16.6 Å². The summed E-state index contributed by atoms with van der Waals surface area (Å²) in [6, 6.07) is 0. The van der Waals surface area contributed by atoms with Crippen molar-refractivity contribution >= 4 is 72.5 Å². The number of ether oxygens (including phenoxy) is 2. The number of nitrogens with two attached hydrogens (primary N) is 1. The van der Waals surface area contributed by atoms with Gasteiger partial charge < -0.3 is 50.0 Å². The van der Waals surface area contributed by atoms with Crippen LogP contribution in [0.3, 0.4) is 0 Å². The zero-order valence-corrected chi connectivity index (χ0v) is 30.1. The number of aliphatic hydroxyl groups is 4. The second-order valence-electron chi connectivity index (χ2n) is 12.0. The fraction of sp³-hybridized carbons (Fsp3) is 0.577. The van der Waals surface area contributed by atoms with Gasteiger partial charge in [-0.05, 0) is 18.4 Å². The van der Waals surface area contributed by atoms with Crippen LogP contribution in [0.25, 0.3) is 22.2 Å². The third-order valence-corrected chi connectivity index (χ3v) is 11.3. The molecule has 4 aromatic rings. The molecule has 0 aromatic carbocycles. The summed E-state index contributed by atoms with van der Waals surface area (Å²) in [5, 5.41) is 46.0. The summed E-state index contributed by atoms with van der Waals surface area (Å²) in [5.74, 6) is 0.417. The average Bonchev–Trinajstić information content (AvgIpc) is 3.79. The van der Waals surface area contributed by atoms with Crippen molar-refractivity contribution in [1.29, 1.82) is 0 Å². The molecule has 21 nitrogen and oxygen atoms in total. The molecule has 3 aliphatic rings. The maximum atomic E-state index is 13.6. The van der Waals surface area contributed by atoms with E-state index < -0.39 is 81.9 Å². The van der Waals surface area contributed by atoms with E-state index in [2.05, 4.69) is 49.7 Å². The van der Waals surface area contributed by atoms with E-state index in [1.54, 1.807) is 10.8 Å². The Morgan fingerprint density at radius 2 is 1.88 bits per heavy atom. The number of nitrogen functional groups attached to an aromatic ring is 1. The lowest BCUT2D eigenvalue weighted by Gasteiger charge is -2.24. The number of aromatic nitrogens is 7. The van der Waals surface area contributed by atoms with Gasteiger partial charge in [0, 0.05) is 12.7 Å². The number of aliphatic hydroxyl groups excluding tert-OH is 4. The number of fused-ring (bicyclic) bond motifs is 1. The summed E-state index contributed by atoms with van der Waals surface area (Å²) in [4.78, 5) is 29.9. The second kappa shape index (κ2) is 14.7. The number of nitrogens with zero attached hydrogens (tertiary/aromatic N) is 7. The predicted octanol–water partition coefficient (Wildman–Crippen LogP) is -0.376. The monoisotopic (exact) mass is 791 g/mol. The smallest absolute Gasteiger partial charge is 0.386 e. The molecule has 10 atom stereocenters. The Balaban J connectivity index is 1.08. The molecule has 2 unspecified atom stereocenters. The van der Waals surface area contributed by atoms with Gasteiger partial charge in [0.1, 0.15) is 54.4 Å². The fourth-order valence-corrected chi connectivity index (χ4v) is 8.93. The summed E-state index contributed by atoms with van der Waals surface area (Å²) in [6.07, 6.45) is -4.71. The highest BCUT2D eigenvalue weighted by molar-refractivity contribution is 8.44. The Bertz CT molecular complexity index is 2070. The predicted molar refractivity (Wildman–Crippen MR) is 185 cm³/mol. The molecule has 4 aromatic heterocycles. The summed E-state index contributed by atoms with van der Waals surface area (Å²) in [6.45, 7) is -5.39. The molecule has 51 heavy (non-hydrogen) atoms. The summed E-state index contributed by atoms with van der Waals surface area (Å²) < 4.78 is 58.0. The van der Waals surface area contributed by atoms with Crippen LogP contribution in [0, 0.1) is 0 Å². The van der Waals surface area contributed by atoms with Crippen LogP contribution in [0.1, 0.15) is 24.4 Å². The van der Waals surface area contributed by atoms with Crippen LogP contribution in [0.2, 0.25) is 0 Å². The molecule has 0 bridgehead atoms. The largest absolute Gasteiger partial charge is 0.395 e. The van der Waals surface area contributed by atoms with E-state index in [9.17, 15) is 34.4 Å².